The van der Waals surface area contributed by atoms with E-state index in [0.29, 0.717) is 13.0 Å². The highest BCUT2D eigenvalue weighted by atomic mass is 16.4. The van der Waals surface area contributed by atoms with Crippen LogP contribution in [0.15, 0.2) is 30.3 Å². The summed E-state index contributed by atoms with van der Waals surface area (Å²) in [4.78, 5) is 21.8. The molecule has 0 heterocycles. The van der Waals surface area contributed by atoms with Crippen LogP contribution in [-0.4, -0.2) is 23.5 Å². The fourth-order valence-corrected chi connectivity index (χ4v) is 1.70. The van der Waals surface area contributed by atoms with E-state index in [1.807, 2.05) is 31.2 Å². The van der Waals surface area contributed by atoms with Gasteiger partial charge in [-0.25, -0.2) is 0 Å². The lowest BCUT2D eigenvalue weighted by Gasteiger charge is -2.01. The number of hydrogen-bond donors (Lipinski definition) is 2. The van der Waals surface area contributed by atoms with E-state index in [-0.39, 0.29) is 12.3 Å². The third-order valence-corrected chi connectivity index (χ3v) is 2.87. The highest BCUT2D eigenvalue weighted by Gasteiger charge is 1.98. The number of carboxylic acid groups (broad SMARTS) is 1. The van der Waals surface area contributed by atoms with Crippen LogP contribution in [0.4, 0.5) is 0 Å². The molecule has 0 aromatic heterocycles. The molecule has 0 saturated carbocycles. The van der Waals surface area contributed by atoms with Gasteiger partial charge in [0.1, 0.15) is 0 Å². The Labute approximate surface area is 119 Å². The molecule has 2 N–H and O–H groups in total. The number of carboxylic acids is 1. The average Bonchev–Trinajstić information content (AvgIpc) is 2.41. The van der Waals surface area contributed by atoms with Crippen molar-refractivity contribution >= 4 is 18.0 Å². The van der Waals surface area contributed by atoms with Crippen molar-refractivity contribution in [2.24, 2.45) is 0 Å². The predicted octanol–water partition coefficient (Wildman–Crippen LogP) is 2.77. The summed E-state index contributed by atoms with van der Waals surface area (Å²) in [5, 5.41) is 11.3. The van der Waals surface area contributed by atoms with Gasteiger partial charge in [0.05, 0.1) is 0 Å². The van der Waals surface area contributed by atoms with Gasteiger partial charge in [0.25, 0.3) is 0 Å². The molecule has 20 heavy (non-hydrogen) atoms. The summed E-state index contributed by atoms with van der Waals surface area (Å²) in [6.45, 7) is 2.60. The number of unbranched alkanes of at least 4 members (excludes halogenated alkanes) is 2. The fraction of sp³-hybridized carbons (Fsp3) is 0.375. The lowest BCUT2D eigenvalue weighted by Crippen LogP contribution is -2.22. The van der Waals surface area contributed by atoms with Crippen LogP contribution in [0.1, 0.15) is 36.8 Å². The summed E-state index contributed by atoms with van der Waals surface area (Å²) in [5.74, 6) is -0.890. The summed E-state index contributed by atoms with van der Waals surface area (Å²) in [5.41, 5.74) is 2.18. The summed E-state index contributed by atoms with van der Waals surface area (Å²) in [6.07, 6.45) is 5.76. The number of nitrogens with one attached hydrogen (secondary N) is 1. The summed E-state index contributed by atoms with van der Waals surface area (Å²) in [6, 6.07) is 7.93. The van der Waals surface area contributed by atoms with Gasteiger partial charge in [-0.3, -0.25) is 9.59 Å². The molecule has 1 amide bonds. The molecule has 0 aliphatic carbocycles. The Kier molecular flexibility index (Phi) is 7.11. The maximum Gasteiger partial charge on any atom is 0.303 e. The van der Waals surface area contributed by atoms with Crippen LogP contribution >= 0.6 is 0 Å². The monoisotopic (exact) mass is 275 g/mol. The van der Waals surface area contributed by atoms with Crippen LogP contribution in [0, 0.1) is 6.92 Å². The molecule has 4 heteroatoms. The maximum absolute atomic E-state index is 11.5. The van der Waals surface area contributed by atoms with Gasteiger partial charge in [-0.15, -0.1) is 0 Å². The third-order valence-electron chi connectivity index (χ3n) is 2.87. The Bertz CT molecular complexity index is 463. The van der Waals surface area contributed by atoms with E-state index in [0.717, 1.165) is 18.4 Å². The van der Waals surface area contributed by atoms with Crippen LogP contribution in [0.3, 0.4) is 0 Å². The molecule has 0 radical (unpaired) electrons. The van der Waals surface area contributed by atoms with Crippen molar-refractivity contribution < 1.29 is 14.7 Å². The minimum atomic E-state index is -0.768. The van der Waals surface area contributed by atoms with Gasteiger partial charge in [-0.1, -0.05) is 36.2 Å². The van der Waals surface area contributed by atoms with Crippen molar-refractivity contribution in [2.75, 3.05) is 6.54 Å². The van der Waals surface area contributed by atoms with Crippen LogP contribution in [-0.2, 0) is 9.59 Å². The third kappa shape index (κ3) is 7.36. The Morgan fingerprint density at radius 2 is 1.85 bits per heavy atom. The normalized spacial score (nSPS) is 10.7. The van der Waals surface area contributed by atoms with Crippen molar-refractivity contribution in [1.29, 1.82) is 0 Å². The number of aliphatic carboxylic acids is 1. The largest absolute Gasteiger partial charge is 0.481 e. The molecule has 0 aliphatic heterocycles. The van der Waals surface area contributed by atoms with E-state index in [1.54, 1.807) is 6.08 Å². The van der Waals surface area contributed by atoms with E-state index in [4.69, 9.17) is 5.11 Å². The van der Waals surface area contributed by atoms with Gasteiger partial charge < -0.3 is 10.4 Å². The Morgan fingerprint density at radius 1 is 1.15 bits per heavy atom. The second-order valence-electron chi connectivity index (χ2n) is 4.74. The summed E-state index contributed by atoms with van der Waals surface area (Å²) < 4.78 is 0. The van der Waals surface area contributed by atoms with Crippen LogP contribution in [0.2, 0.25) is 0 Å². The van der Waals surface area contributed by atoms with Crippen molar-refractivity contribution in [1.82, 2.24) is 5.32 Å². The van der Waals surface area contributed by atoms with Gasteiger partial charge in [-0.05, 0) is 31.4 Å². The SMILES string of the molecule is Cc1ccc(/C=C/C(=O)NCCCCCC(=O)O)cc1. The summed E-state index contributed by atoms with van der Waals surface area (Å²) in [7, 11) is 0. The zero-order valence-corrected chi connectivity index (χ0v) is 11.8. The van der Waals surface area contributed by atoms with E-state index < -0.39 is 5.97 Å². The topological polar surface area (TPSA) is 66.4 Å². The number of hydrogen-bond acceptors (Lipinski definition) is 2. The Hall–Kier alpha value is -2.10. The van der Waals surface area contributed by atoms with Crippen molar-refractivity contribution in [2.45, 2.75) is 32.6 Å². The number of amides is 1. The Morgan fingerprint density at radius 3 is 2.50 bits per heavy atom. The molecule has 1 aromatic carbocycles. The molecule has 1 rings (SSSR count). The fourth-order valence-electron chi connectivity index (χ4n) is 1.70. The molecule has 0 atom stereocenters. The van der Waals surface area contributed by atoms with Crippen molar-refractivity contribution in [3.63, 3.8) is 0 Å². The number of rotatable bonds is 8. The average molecular weight is 275 g/mol. The number of carbonyl (C=O) groups is 2. The minimum absolute atomic E-state index is 0.121. The van der Waals surface area contributed by atoms with Crippen LogP contribution < -0.4 is 5.32 Å². The second kappa shape index (κ2) is 8.91. The number of benzene rings is 1. The smallest absolute Gasteiger partial charge is 0.303 e. The highest BCUT2D eigenvalue weighted by molar-refractivity contribution is 5.91. The molecule has 0 unspecified atom stereocenters. The van der Waals surface area contributed by atoms with E-state index in [2.05, 4.69) is 5.32 Å². The molecule has 0 fully saturated rings. The first-order chi connectivity index (χ1) is 9.58. The zero-order chi connectivity index (χ0) is 14.8. The van der Waals surface area contributed by atoms with E-state index in [1.165, 1.54) is 11.6 Å². The van der Waals surface area contributed by atoms with E-state index >= 15 is 0 Å². The molecule has 0 spiro atoms. The number of aryl methyl sites for hydroxylation is 1. The molecule has 0 saturated heterocycles. The second-order valence-corrected chi connectivity index (χ2v) is 4.74. The quantitative estimate of drug-likeness (QED) is 0.566. The molecule has 108 valence electrons. The van der Waals surface area contributed by atoms with Crippen molar-refractivity contribution in [3.05, 3.63) is 41.5 Å². The lowest BCUT2D eigenvalue weighted by molar-refractivity contribution is -0.137. The first kappa shape index (κ1) is 16.0. The molecular formula is C16H21NO3. The molecule has 0 bridgehead atoms. The Balaban J connectivity index is 2.17. The van der Waals surface area contributed by atoms with Crippen LogP contribution in [0.5, 0.6) is 0 Å². The van der Waals surface area contributed by atoms with Gasteiger partial charge in [0.2, 0.25) is 5.91 Å². The van der Waals surface area contributed by atoms with Crippen molar-refractivity contribution in [3.8, 4) is 0 Å². The molecule has 4 nitrogen and oxygen atoms in total. The van der Waals surface area contributed by atoms with E-state index in [9.17, 15) is 9.59 Å². The first-order valence-electron chi connectivity index (χ1n) is 6.82. The summed E-state index contributed by atoms with van der Waals surface area (Å²) >= 11 is 0. The predicted molar refractivity (Wildman–Crippen MR) is 79.3 cm³/mol. The first-order valence-corrected chi connectivity index (χ1v) is 6.82. The zero-order valence-electron chi connectivity index (χ0n) is 11.8. The van der Waals surface area contributed by atoms with Gasteiger partial charge in [0.15, 0.2) is 0 Å². The molecular weight excluding hydrogens is 254 g/mol. The standard InChI is InChI=1S/C16H21NO3/c1-13-6-8-14(9-7-13)10-11-15(18)17-12-4-2-3-5-16(19)20/h6-11H,2-5,12H2,1H3,(H,17,18)(H,19,20)/b11-10+. The van der Waals surface area contributed by atoms with Gasteiger partial charge in [-0.2, -0.15) is 0 Å². The van der Waals surface area contributed by atoms with Gasteiger partial charge >= 0.3 is 5.97 Å². The minimum Gasteiger partial charge on any atom is -0.481 e. The molecule has 0 aliphatic rings. The lowest BCUT2D eigenvalue weighted by atomic mass is 10.1. The number of carbonyl (C=O) groups excluding carboxylic acids is 1. The molecule has 1 aromatic rings. The highest BCUT2D eigenvalue weighted by Crippen LogP contribution is 2.04. The van der Waals surface area contributed by atoms with Crippen LogP contribution in [0.25, 0.3) is 6.08 Å². The van der Waals surface area contributed by atoms with Gasteiger partial charge in [0, 0.05) is 19.0 Å². The maximum atomic E-state index is 11.5.